The van der Waals surface area contributed by atoms with Gasteiger partial charge in [0.15, 0.2) is 5.89 Å². The molecule has 0 aliphatic heterocycles. The van der Waals surface area contributed by atoms with Crippen LogP contribution in [0, 0.1) is 6.92 Å². The Morgan fingerprint density at radius 1 is 1.41 bits per heavy atom. The molecule has 4 heteroatoms. The first kappa shape index (κ1) is 25.9. The van der Waals surface area contributed by atoms with Gasteiger partial charge in [-0.2, -0.15) is 0 Å². The molecule has 1 heterocycles. The van der Waals surface area contributed by atoms with Crippen LogP contribution in [0.25, 0.3) is 0 Å². The molecule has 102 valence electrons. The van der Waals surface area contributed by atoms with E-state index in [9.17, 15) is 0 Å². The number of hydrogen-bond donors (Lipinski definition) is 0. The molecule has 0 fully saturated rings. The lowest BCUT2D eigenvalue weighted by molar-refractivity contribution is 0.521. The number of allylic oxidation sites excluding steroid dienone is 3. The molecule has 0 atom stereocenters. The second kappa shape index (κ2) is 21.4. The van der Waals surface area contributed by atoms with Gasteiger partial charge < -0.3 is 4.42 Å². The number of nitrogens with zero attached hydrogens (tertiary/aromatic N) is 1. The van der Waals surface area contributed by atoms with E-state index in [1.54, 1.807) is 19.4 Å². The lowest BCUT2D eigenvalue weighted by Gasteiger charge is -1.75. The first-order valence-corrected chi connectivity index (χ1v) is 5.22. The van der Waals surface area contributed by atoms with Crippen LogP contribution in [0.2, 0.25) is 0 Å². The van der Waals surface area contributed by atoms with Crippen molar-refractivity contribution in [3.63, 3.8) is 0 Å². The Bertz CT molecular complexity index is 256. The Balaban J connectivity index is -0.0000000743. The van der Waals surface area contributed by atoms with Crippen LogP contribution in [0.4, 0.5) is 0 Å². The predicted octanol–water partition coefficient (Wildman–Crippen LogP) is 5.77. The molecule has 0 unspecified atom stereocenters. The molecule has 0 N–H and O–H groups in total. The molecule has 0 radical (unpaired) electrons. The maximum absolute atomic E-state index is 4.72. The summed E-state index contributed by atoms with van der Waals surface area (Å²) in [6, 6.07) is 0. The minimum absolute atomic E-state index is 0. The molecule has 0 aliphatic carbocycles. The molecule has 0 saturated carbocycles. The Morgan fingerprint density at radius 3 is 1.94 bits per heavy atom. The highest BCUT2D eigenvalue weighted by atomic mass is 127. The van der Waals surface area contributed by atoms with Crippen LogP contribution in [0.3, 0.4) is 0 Å². The van der Waals surface area contributed by atoms with E-state index in [1.165, 1.54) is 6.42 Å². The van der Waals surface area contributed by atoms with E-state index in [-0.39, 0.29) is 48.0 Å². The van der Waals surface area contributed by atoms with Gasteiger partial charge in [0.1, 0.15) is 6.26 Å². The third-order valence-corrected chi connectivity index (χ3v) is 1.01. The minimum Gasteiger partial charge on any atom is -0.449 e. The van der Waals surface area contributed by atoms with Gasteiger partial charge in [0.25, 0.3) is 0 Å². The van der Waals surface area contributed by atoms with E-state index in [2.05, 4.69) is 25.4 Å². The number of aromatic nitrogens is 1. The van der Waals surface area contributed by atoms with Crippen molar-refractivity contribution in [3.8, 4) is 0 Å². The summed E-state index contributed by atoms with van der Waals surface area (Å²) in [6.07, 6.45) is 8.37. The van der Waals surface area contributed by atoms with Crippen LogP contribution in [0.1, 0.15) is 40.0 Å². The summed E-state index contributed by atoms with van der Waals surface area (Å²) in [5.41, 5.74) is 1.11. The summed E-state index contributed by atoms with van der Waals surface area (Å²) in [7, 11) is 0. The fourth-order valence-corrected chi connectivity index (χ4v) is 0.579. The second-order valence-corrected chi connectivity index (χ2v) is 3.10. The predicted molar refractivity (Wildman–Crippen MR) is 97.7 cm³/mol. The Kier molecular flexibility index (Phi) is 32.6. The van der Waals surface area contributed by atoms with Crippen molar-refractivity contribution >= 4 is 48.0 Å². The lowest BCUT2D eigenvalue weighted by Crippen LogP contribution is -1.59. The zero-order valence-electron chi connectivity index (χ0n) is 11.4. The van der Waals surface area contributed by atoms with E-state index in [4.69, 9.17) is 4.42 Å². The summed E-state index contributed by atoms with van der Waals surface area (Å²) in [5, 5.41) is 0. The average Bonchev–Trinajstić information content (AvgIpc) is 2.58. The maximum Gasteiger partial charge on any atom is 0.190 e. The molecule has 2 nitrogen and oxygen atoms in total. The normalized spacial score (nSPS) is 7.59. The zero-order valence-corrected chi connectivity index (χ0v) is 16.1. The van der Waals surface area contributed by atoms with Crippen molar-refractivity contribution in [1.29, 1.82) is 0 Å². The van der Waals surface area contributed by atoms with Crippen LogP contribution in [-0.4, -0.2) is 4.98 Å². The molecular weight excluding hydrogens is 440 g/mol. The van der Waals surface area contributed by atoms with Gasteiger partial charge >= 0.3 is 0 Å². The van der Waals surface area contributed by atoms with E-state index in [0.717, 1.165) is 11.5 Å². The molecule has 0 aliphatic rings. The molecule has 0 amide bonds. The third kappa shape index (κ3) is 31.4. The summed E-state index contributed by atoms with van der Waals surface area (Å²) < 4.78 is 4.72. The van der Waals surface area contributed by atoms with Gasteiger partial charge in [0.05, 0.1) is 6.20 Å². The quantitative estimate of drug-likeness (QED) is 0.389. The average molecular weight is 465 g/mol. The number of halogens is 2. The smallest absolute Gasteiger partial charge is 0.190 e. The van der Waals surface area contributed by atoms with E-state index < -0.39 is 0 Å². The molecule has 17 heavy (non-hydrogen) atoms. The molecule has 1 rings (SSSR count). The van der Waals surface area contributed by atoms with Crippen LogP contribution >= 0.6 is 48.0 Å². The second-order valence-electron chi connectivity index (χ2n) is 3.10. The first-order chi connectivity index (χ1) is 7.08. The van der Waals surface area contributed by atoms with Gasteiger partial charge in [0, 0.05) is 6.92 Å². The van der Waals surface area contributed by atoms with Gasteiger partial charge in [-0.05, 0) is 13.8 Å². The number of hydrogen-bond acceptors (Lipinski definition) is 2. The molecule has 1 aromatic heterocycles. The maximum atomic E-state index is 4.72. The third-order valence-electron chi connectivity index (χ3n) is 1.01. The molecule has 0 aromatic carbocycles. The van der Waals surface area contributed by atoms with Crippen LogP contribution < -0.4 is 0 Å². The van der Waals surface area contributed by atoms with Crippen molar-refractivity contribution in [2.24, 2.45) is 0 Å². The molecule has 0 saturated heterocycles. The van der Waals surface area contributed by atoms with Crippen molar-refractivity contribution in [2.45, 2.75) is 41.0 Å². The van der Waals surface area contributed by atoms with E-state index in [0.29, 0.717) is 0 Å². The number of rotatable bonds is 1. The highest BCUT2D eigenvalue weighted by Gasteiger charge is 1.77. The fraction of sp³-hybridized carbons (Fsp3) is 0.462. The van der Waals surface area contributed by atoms with Gasteiger partial charge in [-0.15, -0.1) is 48.0 Å². The van der Waals surface area contributed by atoms with Gasteiger partial charge in [-0.3, -0.25) is 0 Å². The molecule has 0 bridgehead atoms. The van der Waals surface area contributed by atoms with Crippen LogP contribution in [0.5, 0.6) is 0 Å². The Morgan fingerprint density at radius 2 is 1.88 bits per heavy atom. The van der Waals surface area contributed by atoms with Crippen molar-refractivity contribution < 1.29 is 4.42 Å². The summed E-state index contributed by atoms with van der Waals surface area (Å²) in [5.74, 6) is 0.718. The topological polar surface area (TPSA) is 26.0 Å². The number of oxazole rings is 1. The molecular formula is C13H25I2NO. The van der Waals surface area contributed by atoms with Crippen molar-refractivity contribution in [1.82, 2.24) is 4.98 Å². The highest BCUT2D eigenvalue weighted by Crippen LogP contribution is 1.86. The lowest BCUT2D eigenvalue weighted by atomic mass is 10.3. The zero-order chi connectivity index (χ0) is 12.1. The fourth-order valence-electron chi connectivity index (χ4n) is 0.579. The molecule has 0 spiro atoms. The summed E-state index contributed by atoms with van der Waals surface area (Å²) in [4.78, 5) is 3.75. The largest absolute Gasteiger partial charge is 0.449 e. The van der Waals surface area contributed by atoms with Crippen molar-refractivity contribution in [3.05, 3.63) is 42.7 Å². The number of aryl methyl sites for hydroxylation is 1. The minimum atomic E-state index is 0. The first-order valence-electron chi connectivity index (χ1n) is 5.22. The Labute approximate surface area is 140 Å². The van der Waals surface area contributed by atoms with Gasteiger partial charge in [-0.1, -0.05) is 44.6 Å². The van der Waals surface area contributed by atoms with Crippen molar-refractivity contribution in [2.75, 3.05) is 0 Å². The van der Waals surface area contributed by atoms with Gasteiger partial charge in [0.2, 0.25) is 0 Å². The molecule has 1 aromatic rings. The summed E-state index contributed by atoms with van der Waals surface area (Å²) in [6.45, 7) is 13.7. The van der Waals surface area contributed by atoms with E-state index in [1.807, 2.05) is 26.0 Å². The monoisotopic (exact) mass is 465 g/mol. The SMILES string of the molecule is C=C(C)/C=C\C.CCC.Cc1ncco1.I.I. The highest BCUT2D eigenvalue weighted by molar-refractivity contribution is 14.0. The van der Waals surface area contributed by atoms with Crippen LogP contribution in [0.15, 0.2) is 41.2 Å². The van der Waals surface area contributed by atoms with Gasteiger partial charge in [-0.25, -0.2) is 4.98 Å². The summed E-state index contributed by atoms with van der Waals surface area (Å²) >= 11 is 0. The van der Waals surface area contributed by atoms with Crippen LogP contribution in [-0.2, 0) is 0 Å². The standard InChI is InChI=1S/C6H10.C4H5NO.C3H8.2HI/c1-4-5-6(2)3;1-4-5-2-3-6-4;1-3-2;;/h4-5H,2H2,1,3H3;2-3H,1H3;3H2,1-2H3;2*1H/b5-4-;;;;. The Hall–Kier alpha value is 0.150. The van der Waals surface area contributed by atoms with E-state index >= 15 is 0 Å².